The molecule has 3 N–H and O–H groups in total. The van der Waals surface area contributed by atoms with Gasteiger partial charge >= 0.3 is 6.36 Å². The molecule has 112 valence electrons. The van der Waals surface area contributed by atoms with Crippen LogP contribution in [-0.2, 0) is 16.1 Å². The molecular weight excluding hydrogens is 277 g/mol. The van der Waals surface area contributed by atoms with Gasteiger partial charge in [-0.05, 0) is 17.7 Å². The van der Waals surface area contributed by atoms with Crippen LogP contribution in [0.1, 0.15) is 5.56 Å². The fourth-order valence-electron chi connectivity index (χ4n) is 1.38. The highest BCUT2D eigenvalue weighted by Gasteiger charge is 2.30. The monoisotopic (exact) mass is 292 g/mol. The van der Waals surface area contributed by atoms with Crippen molar-refractivity contribution in [2.75, 3.05) is 13.7 Å². The average Bonchev–Trinajstić information content (AvgIpc) is 2.36. The van der Waals surface area contributed by atoms with E-state index >= 15 is 0 Å². The fraction of sp³-hybridized carbons (Fsp3) is 0.417. The van der Waals surface area contributed by atoms with Crippen molar-refractivity contribution >= 4 is 5.91 Å². The number of nitrogens with two attached hydrogens (primary N) is 1. The molecule has 0 fully saturated rings. The Balaban J connectivity index is 2.48. The summed E-state index contributed by atoms with van der Waals surface area (Å²) in [6.07, 6.45) is -4.72. The summed E-state index contributed by atoms with van der Waals surface area (Å²) in [6.45, 7) is 0.243. The summed E-state index contributed by atoms with van der Waals surface area (Å²) in [5.74, 6) is -0.717. The highest BCUT2D eigenvalue weighted by molar-refractivity contribution is 5.81. The molecule has 0 aliphatic carbocycles. The van der Waals surface area contributed by atoms with Crippen molar-refractivity contribution in [2.24, 2.45) is 5.73 Å². The van der Waals surface area contributed by atoms with Crippen molar-refractivity contribution in [1.82, 2.24) is 5.32 Å². The second kappa shape index (κ2) is 7.11. The molecule has 0 bridgehead atoms. The van der Waals surface area contributed by atoms with Crippen molar-refractivity contribution < 1.29 is 27.4 Å². The predicted molar refractivity (Wildman–Crippen MR) is 64.8 cm³/mol. The first-order valence-electron chi connectivity index (χ1n) is 5.68. The van der Waals surface area contributed by atoms with E-state index in [-0.39, 0.29) is 18.9 Å². The molecule has 1 aromatic carbocycles. The topological polar surface area (TPSA) is 73.6 Å². The number of ether oxygens (including phenoxy) is 2. The summed E-state index contributed by atoms with van der Waals surface area (Å²) >= 11 is 0. The van der Waals surface area contributed by atoms with Gasteiger partial charge in [-0.1, -0.05) is 12.1 Å². The fourth-order valence-corrected chi connectivity index (χ4v) is 1.38. The third-order valence-electron chi connectivity index (χ3n) is 2.31. The lowest BCUT2D eigenvalue weighted by Crippen LogP contribution is -2.43. The lowest BCUT2D eigenvalue weighted by Gasteiger charge is -2.12. The van der Waals surface area contributed by atoms with Crippen LogP contribution in [0.15, 0.2) is 24.3 Å². The van der Waals surface area contributed by atoms with Crippen LogP contribution in [0.5, 0.6) is 5.75 Å². The molecule has 0 heterocycles. The van der Waals surface area contributed by atoms with E-state index in [0.717, 1.165) is 0 Å². The first-order chi connectivity index (χ1) is 9.31. The molecule has 1 amide bonds. The SMILES string of the molecule is COCC(N)C(=O)NCc1ccc(OC(F)(F)F)cc1. The van der Waals surface area contributed by atoms with Crippen LogP contribution < -0.4 is 15.8 Å². The van der Waals surface area contributed by atoms with Gasteiger partial charge < -0.3 is 20.5 Å². The van der Waals surface area contributed by atoms with E-state index in [0.29, 0.717) is 5.56 Å². The van der Waals surface area contributed by atoms with Gasteiger partial charge in [0.15, 0.2) is 0 Å². The van der Waals surface area contributed by atoms with Gasteiger partial charge in [0, 0.05) is 13.7 Å². The molecule has 0 radical (unpaired) electrons. The summed E-state index contributed by atoms with van der Waals surface area (Å²) in [4.78, 5) is 11.5. The first kappa shape index (κ1) is 16.3. The number of halogens is 3. The Morgan fingerprint density at radius 3 is 2.45 bits per heavy atom. The number of amides is 1. The second-order valence-corrected chi connectivity index (χ2v) is 3.97. The van der Waals surface area contributed by atoms with E-state index in [2.05, 4.69) is 10.1 Å². The highest BCUT2D eigenvalue weighted by atomic mass is 19.4. The summed E-state index contributed by atoms with van der Waals surface area (Å²) in [7, 11) is 1.42. The van der Waals surface area contributed by atoms with Crippen LogP contribution in [0.2, 0.25) is 0 Å². The molecule has 1 atom stereocenters. The lowest BCUT2D eigenvalue weighted by molar-refractivity contribution is -0.274. The number of carbonyl (C=O) groups excluding carboxylic acids is 1. The normalized spacial score (nSPS) is 12.8. The van der Waals surface area contributed by atoms with Crippen molar-refractivity contribution in [2.45, 2.75) is 18.9 Å². The Labute approximate surface area is 113 Å². The number of methoxy groups -OCH3 is 1. The van der Waals surface area contributed by atoms with Crippen molar-refractivity contribution in [3.05, 3.63) is 29.8 Å². The molecule has 0 spiro atoms. The molecule has 1 rings (SSSR count). The largest absolute Gasteiger partial charge is 0.573 e. The summed E-state index contributed by atoms with van der Waals surface area (Å²) in [6, 6.07) is 4.40. The minimum absolute atomic E-state index is 0.0875. The Morgan fingerprint density at radius 2 is 1.95 bits per heavy atom. The number of carbonyl (C=O) groups is 1. The van der Waals surface area contributed by atoms with Crippen molar-refractivity contribution in [3.8, 4) is 5.75 Å². The number of rotatable bonds is 6. The summed E-state index contributed by atoms with van der Waals surface area (Å²) in [5.41, 5.74) is 6.13. The molecule has 0 aromatic heterocycles. The zero-order valence-electron chi connectivity index (χ0n) is 10.7. The second-order valence-electron chi connectivity index (χ2n) is 3.97. The maximum atomic E-state index is 12.0. The minimum Gasteiger partial charge on any atom is -0.406 e. The van der Waals surface area contributed by atoms with E-state index in [1.54, 1.807) is 0 Å². The third kappa shape index (κ3) is 5.89. The first-order valence-corrected chi connectivity index (χ1v) is 5.68. The van der Waals surface area contributed by atoms with E-state index in [1.807, 2.05) is 0 Å². The highest BCUT2D eigenvalue weighted by Crippen LogP contribution is 2.22. The van der Waals surface area contributed by atoms with Crippen LogP contribution in [0, 0.1) is 0 Å². The van der Waals surface area contributed by atoms with E-state index < -0.39 is 18.3 Å². The van der Waals surface area contributed by atoms with Gasteiger partial charge in [-0.2, -0.15) is 0 Å². The van der Waals surface area contributed by atoms with Crippen LogP contribution in [-0.4, -0.2) is 32.0 Å². The standard InChI is InChI=1S/C12H15F3N2O3/c1-19-7-10(16)11(18)17-6-8-2-4-9(5-3-8)20-12(13,14)15/h2-5,10H,6-7,16H2,1H3,(H,17,18). The smallest absolute Gasteiger partial charge is 0.406 e. The number of hydrogen-bond donors (Lipinski definition) is 2. The minimum atomic E-state index is -4.72. The van der Waals surface area contributed by atoms with Gasteiger partial charge in [-0.3, -0.25) is 4.79 Å². The Hall–Kier alpha value is -1.80. The molecule has 1 aromatic rings. The quantitative estimate of drug-likeness (QED) is 0.825. The zero-order chi connectivity index (χ0) is 15.2. The molecule has 8 heteroatoms. The van der Waals surface area contributed by atoms with Crippen LogP contribution in [0.25, 0.3) is 0 Å². The van der Waals surface area contributed by atoms with E-state index in [1.165, 1.54) is 31.4 Å². The number of hydrogen-bond acceptors (Lipinski definition) is 4. The number of nitrogens with one attached hydrogen (secondary N) is 1. The molecule has 20 heavy (non-hydrogen) atoms. The molecule has 0 aliphatic heterocycles. The van der Waals surface area contributed by atoms with Crippen LogP contribution in [0.3, 0.4) is 0 Å². The van der Waals surface area contributed by atoms with Crippen molar-refractivity contribution in [3.63, 3.8) is 0 Å². The molecule has 0 saturated carbocycles. The third-order valence-corrected chi connectivity index (χ3v) is 2.31. The molecule has 0 saturated heterocycles. The van der Waals surface area contributed by atoms with Crippen LogP contribution in [0.4, 0.5) is 13.2 Å². The number of benzene rings is 1. The van der Waals surface area contributed by atoms with Gasteiger partial charge in [0.25, 0.3) is 0 Å². The average molecular weight is 292 g/mol. The maximum Gasteiger partial charge on any atom is 0.573 e. The van der Waals surface area contributed by atoms with E-state index in [4.69, 9.17) is 10.5 Å². The van der Waals surface area contributed by atoms with Crippen LogP contribution >= 0.6 is 0 Å². The molecule has 5 nitrogen and oxygen atoms in total. The van der Waals surface area contributed by atoms with E-state index in [9.17, 15) is 18.0 Å². The van der Waals surface area contributed by atoms with Gasteiger partial charge in [-0.25, -0.2) is 0 Å². The molecular formula is C12H15F3N2O3. The number of alkyl halides is 3. The molecule has 1 unspecified atom stereocenters. The zero-order valence-corrected chi connectivity index (χ0v) is 10.7. The summed E-state index contributed by atoms with van der Waals surface area (Å²) < 4.78 is 44.3. The molecule has 0 aliphatic rings. The summed E-state index contributed by atoms with van der Waals surface area (Å²) in [5, 5.41) is 2.54. The van der Waals surface area contributed by atoms with Gasteiger partial charge in [0.05, 0.1) is 6.61 Å². The van der Waals surface area contributed by atoms with Gasteiger partial charge in [0.1, 0.15) is 11.8 Å². The van der Waals surface area contributed by atoms with Gasteiger partial charge in [-0.15, -0.1) is 13.2 Å². The Kier molecular flexibility index (Phi) is 5.78. The Morgan fingerprint density at radius 1 is 1.35 bits per heavy atom. The maximum absolute atomic E-state index is 12.0. The lowest BCUT2D eigenvalue weighted by atomic mass is 10.2. The Bertz CT molecular complexity index is 435. The van der Waals surface area contributed by atoms with Gasteiger partial charge in [0.2, 0.25) is 5.91 Å². The van der Waals surface area contributed by atoms with Crippen molar-refractivity contribution in [1.29, 1.82) is 0 Å². The predicted octanol–water partition coefficient (Wildman–Crippen LogP) is 1.18.